The average molecular weight is 374 g/mol. The zero-order chi connectivity index (χ0) is 18.6. The first-order chi connectivity index (χ1) is 12.2. The predicted molar refractivity (Wildman–Crippen MR) is 112 cm³/mol. The number of halogens is 1. The molecule has 0 aliphatic carbocycles. The van der Waals surface area contributed by atoms with Crippen molar-refractivity contribution in [1.29, 1.82) is 0 Å². The Morgan fingerprint density at radius 2 is 1.00 bits per heavy atom. The molecule has 0 aliphatic heterocycles. The van der Waals surface area contributed by atoms with Gasteiger partial charge in [0.05, 0.1) is 11.9 Å². The van der Waals surface area contributed by atoms with Crippen LogP contribution >= 0.6 is 11.6 Å². The highest BCUT2D eigenvalue weighted by Crippen LogP contribution is 2.14. The number of carbonyl (C=O) groups is 1. The third kappa shape index (κ3) is 18.5. The number of hydrogen-bond donors (Lipinski definition) is 1. The van der Waals surface area contributed by atoms with Crippen molar-refractivity contribution in [3.8, 4) is 0 Å². The number of alkyl halides is 1. The molecule has 2 N–H and O–H groups in total. The highest BCUT2D eigenvalue weighted by molar-refractivity contribution is 6.28. The van der Waals surface area contributed by atoms with E-state index >= 15 is 0 Å². The van der Waals surface area contributed by atoms with E-state index in [1.165, 1.54) is 103 Å². The number of hydrogen-bond acceptors (Lipinski definition) is 2. The SMILES string of the molecule is CCCCCCCCCCCCCCCCCCCC(N)C(=O)CCl. The average Bonchev–Trinajstić information content (AvgIpc) is 2.63. The number of Topliss-reactive ketones (excluding diaryl/α,β-unsaturated/α-hetero) is 1. The van der Waals surface area contributed by atoms with Crippen molar-refractivity contribution in [2.45, 2.75) is 129 Å². The summed E-state index contributed by atoms with van der Waals surface area (Å²) in [4.78, 5) is 11.3. The summed E-state index contributed by atoms with van der Waals surface area (Å²) in [5.41, 5.74) is 5.76. The molecule has 25 heavy (non-hydrogen) atoms. The summed E-state index contributed by atoms with van der Waals surface area (Å²) in [6, 6.07) is -0.339. The van der Waals surface area contributed by atoms with Crippen LogP contribution in [0.1, 0.15) is 122 Å². The van der Waals surface area contributed by atoms with Crippen LogP contribution in [0.4, 0.5) is 0 Å². The van der Waals surface area contributed by atoms with Gasteiger partial charge in [-0.1, -0.05) is 116 Å². The van der Waals surface area contributed by atoms with Gasteiger partial charge in [0.15, 0.2) is 5.78 Å². The molecule has 0 radical (unpaired) electrons. The molecule has 1 atom stereocenters. The molecular weight excluding hydrogens is 330 g/mol. The first-order valence-corrected chi connectivity index (χ1v) is 11.6. The van der Waals surface area contributed by atoms with E-state index in [-0.39, 0.29) is 17.7 Å². The summed E-state index contributed by atoms with van der Waals surface area (Å²) < 4.78 is 0. The van der Waals surface area contributed by atoms with E-state index in [4.69, 9.17) is 17.3 Å². The molecule has 2 nitrogen and oxygen atoms in total. The number of unbranched alkanes of at least 4 members (excludes halogenated alkanes) is 16. The minimum atomic E-state index is -0.339. The summed E-state index contributed by atoms with van der Waals surface area (Å²) in [6.45, 7) is 2.28. The van der Waals surface area contributed by atoms with Crippen LogP contribution < -0.4 is 5.73 Å². The first kappa shape index (κ1) is 24.9. The Hall–Kier alpha value is -0.0800. The molecule has 0 heterocycles. The van der Waals surface area contributed by atoms with E-state index in [1.54, 1.807) is 0 Å². The Bertz CT molecular complexity index is 283. The van der Waals surface area contributed by atoms with Gasteiger partial charge in [0, 0.05) is 0 Å². The summed E-state index contributed by atoms with van der Waals surface area (Å²) in [5, 5.41) is 0. The summed E-state index contributed by atoms with van der Waals surface area (Å²) >= 11 is 5.50. The highest BCUT2D eigenvalue weighted by atomic mass is 35.5. The van der Waals surface area contributed by atoms with Crippen LogP contribution in [0.2, 0.25) is 0 Å². The second-order valence-corrected chi connectivity index (χ2v) is 7.92. The number of rotatable bonds is 20. The molecule has 0 bridgehead atoms. The lowest BCUT2D eigenvalue weighted by molar-refractivity contribution is -0.118. The zero-order valence-corrected chi connectivity index (χ0v) is 17.6. The second-order valence-electron chi connectivity index (χ2n) is 7.65. The standard InChI is InChI=1S/C22H44ClNO/c1-2-3-4-5-6-7-8-9-10-11-12-13-14-15-16-17-18-19-21(24)22(25)20-23/h21H,2-20,24H2,1H3. The maximum Gasteiger partial charge on any atom is 0.164 e. The van der Waals surface area contributed by atoms with E-state index in [0.717, 1.165) is 12.8 Å². The number of nitrogens with two attached hydrogens (primary N) is 1. The molecule has 0 saturated carbocycles. The summed E-state index contributed by atoms with van der Waals surface area (Å²) in [6.07, 6.45) is 24.1. The smallest absolute Gasteiger partial charge is 0.164 e. The van der Waals surface area contributed by atoms with Crippen molar-refractivity contribution in [2.75, 3.05) is 5.88 Å². The quantitative estimate of drug-likeness (QED) is 0.181. The van der Waals surface area contributed by atoms with Gasteiger partial charge in [0.25, 0.3) is 0 Å². The van der Waals surface area contributed by atoms with Crippen molar-refractivity contribution in [3.05, 3.63) is 0 Å². The van der Waals surface area contributed by atoms with Gasteiger partial charge in [0.2, 0.25) is 0 Å². The lowest BCUT2D eigenvalue weighted by atomic mass is 10.0. The molecular formula is C22H44ClNO. The predicted octanol–water partition coefficient (Wildman–Crippen LogP) is 7.16. The van der Waals surface area contributed by atoms with Crippen molar-refractivity contribution in [1.82, 2.24) is 0 Å². The molecule has 1 unspecified atom stereocenters. The van der Waals surface area contributed by atoms with Gasteiger partial charge >= 0.3 is 0 Å². The van der Waals surface area contributed by atoms with Crippen molar-refractivity contribution < 1.29 is 4.79 Å². The number of carbonyl (C=O) groups excluding carboxylic acids is 1. The first-order valence-electron chi connectivity index (χ1n) is 11.1. The van der Waals surface area contributed by atoms with Crippen LogP contribution in [0.15, 0.2) is 0 Å². The van der Waals surface area contributed by atoms with Gasteiger partial charge < -0.3 is 5.73 Å². The summed E-state index contributed by atoms with van der Waals surface area (Å²) in [5.74, 6) is 0.0401. The molecule has 0 aliphatic rings. The molecule has 0 aromatic heterocycles. The molecule has 0 saturated heterocycles. The Morgan fingerprint density at radius 1 is 0.680 bits per heavy atom. The van der Waals surface area contributed by atoms with E-state index in [1.807, 2.05) is 0 Å². The van der Waals surface area contributed by atoms with Gasteiger partial charge in [-0.3, -0.25) is 4.79 Å². The van der Waals surface area contributed by atoms with Crippen LogP contribution in [0.25, 0.3) is 0 Å². The van der Waals surface area contributed by atoms with E-state index in [2.05, 4.69) is 6.92 Å². The third-order valence-electron chi connectivity index (χ3n) is 5.16. The molecule has 0 amide bonds. The molecule has 0 fully saturated rings. The minimum absolute atomic E-state index is 0.0156. The van der Waals surface area contributed by atoms with Crippen molar-refractivity contribution >= 4 is 17.4 Å². The second kappa shape index (κ2) is 20.2. The Kier molecular flexibility index (Phi) is 20.2. The van der Waals surface area contributed by atoms with Crippen molar-refractivity contribution in [2.24, 2.45) is 5.73 Å². The van der Waals surface area contributed by atoms with Crippen LogP contribution in [-0.4, -0.2) is 17.7 Å². The van der Waals surface area contributed by atoms with Crippen LogP contribution in [0.5, 0.6) is 0 Å². The summed E-state index contributed by atoms with van der Waals surface area (Å²) in [7, 11) is 0. The van der Waals surface area contributed by atoms with Gasteiger partial charge in [-0.25, -0.2) is 0 Å². The lowest BCUT2D eigenvalue weighted by Gasteiger charge is -2.08. The van der Waals surface area contributed by atoms with Crippen molar-refractivity contribution in [3.63, 3.8) is 0 Å². The van der Waals surface area contributed by atoms with Gasteiger partial charge in [-0.05, 0) is 6.42 Å². The fourth-order valence-electron chi connectivity index (χ4n) is 3.35. The maximum atomic E-state index is 11.3. The molecule has 3 heteroatoms. The monoisotopic (exact) mass is 373 g/mol. The normalized spacial score (nSPS) is 12.4. The van der Waals surface area contributed by atoms with Gasteiger partial charge in [-0.15, -0.1) is 11.6 Å². The Morgan fingerprint density at radius 3 is 1.32 bits per heavy atom. The third-order valence-corrected chi connectivity index (χ3v) is 5.43. The molecule has 0 rings (SSSR count). The fraction of sp³-hybridized carbons (Fsp3) is 0.955. The molecule has 0 spiro atoms. The molecule has 150 valence electrons. The van der Waals surface area contributed by atoms with E-state index in [0.29, 0.717) is 0 Å². The van der Waals surface area contributed by atoms with Crippen LogP contribution in [0, 0.1) is 0 Å². The van der Waals surface area contributed by atoms with Gasteiger partial charge in [-0.2, -0.15) is 0 Å². The molecule has 0 aromatic rings. The van der Waals surface area contributed by atoms with E-state index in [9.17, 15) is 4.79 Å². The van der Waals surface area contributed by atoms with E-state index < -0.39 is 0 Å². The topological polar surface area (TPSA) is 43.1 Å². The lowest BCUT2D eigenvalue weighted by Crippen LogP contribution is -2.31. The minimum Gasteiger partial charge on any atom is -0.321 e. The number of ketones is 1. The molecule has 0 aromatic carbocycles. The Balaban J connectivity index is 3.08. The zero-order valence-electron chi connectivity index (χ0n) is 16.9. The maximum absolute atomic E-state index is 11.3. The Labute approximate surface area is 162 Å². The van der Waals surface area contributed by atoms with Crippen LogP contribution in [0.3, 0.4) is 0 Å². The highest BCUT2D eigenvalue weighted by Gasteiger charge is 2.10. The van der Waals surface area contributed by atoms with Crippen LogP contribution in [-0.2, 0) is 4.79 Å². The van der Waals surface area contributed by atoms with Gasteiger partial charge in [0.1, 0.15) is 0 Å². The largest absolute Gasteiger partial charge is 0.321 e. The fourth-order valence-corrected chi connectivity index (χ4v) is 3.55.